The Morgan fingerprint density at radius 2 is 1.80 bits per heavy atom. The van der Waals surface area contributed by atoms with Crippen molar-refractivity contribution < 1.29 is 19.1 Å². The topological polar surface area (TPSA) is 64.6 Å². The van der Waals surface area contributed by atoms with Gasteiger partial charge in [0.25, 0.3) is 5.91 Å². The number of nitrogens with one attached hydrogen (secondary N) is 1. The van der Waals surface area contributed by atoms with Gasteiger partial charge in [-0.25, -0.2) is 4.79 Å². The van der Waals surface area contributed by atoms with Gasteiger partial charge in [0.05, 0.1) is 15.7 Å². The van der Waals surface area contributed by atoms with Crippen molar-refractivity contribution in [3.63, 3.8) is 0 Å². The molecule has 0 aromatic heterocycles. The number of anilines is 1. The summed E-state index contributed by atoms with van der Waals surface area (Å²) in [6.45, 7) is 3.20. The lowest BCUT2D eigenvalue weighted by Crippen LogP contribution is -2.23. The van der Waals surface area contributed by atoms with Crippen LogP contribution in [0, 0.1) is 13.8 Å². The molecule has 2 rings (SSSR count). The normalized spacial score (nSPS) is 10.2. The SMILES string of the molecule is Cc1ccc(OCC(=O)OCC(=O)Nc2cccc(Cl)c2Cl)cc1C. The minimum atomic E-state index is -0.648. The molecule has 0 unspecified atom stereocenters. The summed E-state index contributed by atoms with van der Waals surface area (Å²) in [5.41, 5.74) is 2.54. The molecular weight excluding hydrogens is 365 g/mol. The first kappa shape index (κ1) is 19.1. The van der Waals surface area contributed by atoms with Crippen LogP contribution in [0.25, 0.3) is 0 Å². The van der Waals surface area contributed by atoms with Crippen LogP contribution >= 0.6 is 23.2 Å². The molecule has 0 saturated carbocycles. The lowest BCUT2D eigenvalue weighted by molar-refractivity contribution is -0.149. The van der Waals surface area contributed by atoms with Crippen LogP contribution in [-0.4, -0.2) is 25.1 Å². The minimum Gasteiger partial charge on any atom is -0.482 e. The Bertz CT molecular complexity index is 793. The number of hydrogen-bond acceptors (Lipinski definition) is 4. The van der Waals surface area contributed by atoms with E-state index in [0.29, 0.717) is 16.5 Å². The molecule has 0 spiro atoms. The third kappa shape index (κ3) is 5.66. The summed E-state index contributed by atoms with van der Waals surface area (Å²) in [4.78, 5) is 23.5. The van der Waals surface area contributed by atoms with E-state index in [9.17, 15) is 9.59 Å². The maximum absolute atomic E-state index is 11.8. The fourth-order valence-corrected chi connectivity index (χ4v) is 2.27. The second kappa shape index (κ2) is 8.74. The zero-order valence-corrected chi connectivity index (χ0v) is 15.3. The van der Waals surface area contributed by atoms with Gasteiger partial charge in [-0.15, -0.1) is 0 Å². The fourth-order valence-electron chi connectivity index (χ4n) is 1.92. The summed E-state index contributed by atoms with van der Waals surface area (Å²) in [6.07, 6.45) is 0. The Morgan fingerprint density at radius 1 is 1.04 bits per heavy atom. The zero-order chi connectivity index (χ0) is 18.4. The van der Waals surface area contributed by atoms with Crippen molar-refractivity contribution in [1.29, 1.82) is 0 Å². The molecule has 7 heteroatoms. The average molecular weight is 382 g/mol. The number of esters is 1. The number of carbonyl (C=O) groups excluding carboxylic acids is 2. The summed E-state index contributed by atoms with van der Waals surface area (Å²) in [6, 6.07) is 10.3. The van der Waals surface area contributed by atoms with E-state index in [0.717, 1.165) is 11.1 Å². The van der Waals surface area contributed by atoms with E-state index in [4.69, 9.17) is 32.7 Å². The van der Waals surface area contributed by atoms with Crippen LogP contribution in [0.3, 0.4) is 0 Å². The molecule has 2 aromatic rings. The maximum Gasteiger partial charge on any atom is 0.344 e. The van der Waals surface area contributed by atoms with E-state index in [1.807, 2.05) is 26.0 Å². The first-order valence-corrected chi connectivity index (χ1v) is 8.22. The summed E-state index contributed by atoms with van der Waals surface area (Å²) in [5.74, 6) is -0.607. The summed E-state index contributed by atoms with van der Waals surface area (Å²) in [7, 11) is 0. The molecule has 0 atom stereocenters. The average Bonchev–Trinajstić information content (AvgIpc) is 2.58. The van der Waals surface area contributed by atoms with Gasteiger partial charge in [-0.3, -0.25) is 4.79 Å². The van der Waals surface area contributed by atoms with E-state index < -0.39 is 18.5 Å². The van der Waals surface area contributed by atoms with E-state index in [1.165, 1.54) is 0 Å². The summed E-state index contributed by atoms with van der Waals surface area (Å²) >= 11 is 11.8. The minimum absolute atomic E-state index is 0.224. The first-order chi connectivity index (χ1) is 11.9. The number of carbonyl (C=O) groups is 2. The molecule has 1 amide bonds. The molecule has 0 radical (unpaired) electrons. The molecule has 0 heterocycles. The van der Waals surface area contributed by atoms with E-state index in [1.54, 1.807) is 24.3 Å². The predicted octanol–water partition coefficient (Wildman–Crippen LogP) is 4.17. The molecule has 25 heavy (non-hydrogen) atoms. The van der Waals surface area contributed by atoms with Gasteiger partial charge < -0.3 is 14.8 Å². The molecule has 0 aliphatic heterocycles. The Morgan fingerprint density at radius 3 is 2.52 bits per heavy atom. The van der Waals surface area contributed by atoms with Crippen molar-refractivity contribution in [1.82, 2.24) is 0 Å². The smallest absolute Gasteiger partial charge is 0.344 e. The molecule has 0 aliphatic carbocycles. The Kier molecular flexibility index (Phi) is 6.67. The Labute approximate surface area is 155 Å². The number of benzene rings is 2. The highest BCUT2D eigenvalue weighted by Gasteiger charge is 2.11. The van der Waals surface area contributed by atoms with Crippen LogP contribution in [0.15, 0.2) is 36.4 Å². The molecular formula is C18H17Cl2NO4. The van der Waals surface area contributed by atoms with Crippen molar-refractivity contribution >= 4 is 40.8 Å². The van der Waals surface area contributed by atoms with Gasteiger partial charge in [0.2, 0.25) is 0 Å². The molecule has 2 aromatic carbocycles. The third-order valence-electron chi connectivity index (χ3n) is 3.42. The van der Waals surface area contributed by atoms with Gasteiger partial charge in [-0.2, -0.15) is 0 Å². The van der Waals surface area contributed by atoms with Crippen molar-refractivity contribution in [2.24, 2.45) is 0 Å². The number of amides is 1. The molecule has 0 aliphatic rings. The quantitative estimate of drug-likeness (QED) is 0.762. The van der Waals surface area contributed by atoms with Gasteiger partial charge in [0, 0.05) is 0 Å². The number of ether oxygens (including phenoxy) is 2. The summed E-state index contributed by atoms with van der Waals surface area (Å²) < 4.78 is 10.2. The zero-order valence-electron chi connectivity index (χ0n) is 13.8. The Balaban J connectivity index is 1.78. The molecule has 0 fully saturated rings. The van der Waals surface area contributed by atoms with E-state index in [-0.39, 0.29) is 11.6 Å². The van der Waals surface area contributed by atoms with Gasteiger partial charge in [-0.05, 0) is 49.2 Å². The lowest BCUT2D eigenvalue weighted by Gasteiger charge is -2.10. The number of rotatable bonds is 6. The largest absolute Gasteiger partial charge is 0.482 e. The molecule has 1 N–H and O–H groups in total. The van der Waals surface area contributed by atoms with Crippen LogP contribution in [0.2, 0.25) is 10.0 Å². The molecule has 0 saturated heterocycles. The predicted molar refractivity (Wildman–Crippen MR) is 97.5 cm³/mol. The van der Waals surface area contributed by atoms with Crippen LogP contribution in [-0.2, 0) is 14.3 Å². The number of halogens is 2. The van der Waals surface area contributed by atoms with Crippen molar-refractivity contribution in [2.75, 3.05) is 18.5 Å². The van der Waals surface area contributed by atoms with E-state index in [2.05, 4.69) is 5.32 Å². The van der Waals surface area contributed by atoms with Crippen LogP contribution in [0.1, 0.15) is 11.1 Å². The Hall–Kier alpha value is -2.24. The van der Waals surface area contributed by atoms with Crippen molar-refractivity contribution in [3.8, 4) is 5.75 Å². The second-order valence-corrected chi connectivity index (χ2v) is 6.13. The van der Waals surface area contributed by atoms with Gasteiger partial charge in [-0.1, -0.05) is 35.3 Å². The highest BCUT2D eigenvalue weighted by molar-refractivity contribution is 6.44. The second-order valence-electron chi connectivity index (χ2n) is 5.34. The van der Waals surface area contributed by atoms with Crippen molar-refractivity contribution in [2.45, 2.75) is 13.8 Å². The van der Waals surface area contributed by atoms with Gasteiger partial charge >= 0.3 is 5.97 Å². The standard InChI is InChI=1S/C18H17Cl2NO4/c1-11-6-7-13(8-12(11)2)24-10-17(23)25-9-16(22)21-15-5-3-4-14(19)18(15)20/h3-8H,9-10H2,1-2H3,(H,21,22). The first-order valence-electron chi connectivity index (χ1n) is 7.46. The third-order valence-corrected chi connectivity index (χ3v) is 4.24. The van der Waals surface area contributed by atoms with Crippen molar-refractivity contribution in [3.05, 3.63) is 57.6 Å². The highest BCUT2D eigenvalue weighted by Crippen LogP contribution is 2.29. The van der Waals surface area contributed by atoms with Gasteiger partial charge in [0.1, 0.15) is 5.75 Å². The maximum atomic E-state index is 11.8. The number of aryl methyl sites for hydroxylation is 2. The highest BCUT2D eigenvalue weighted by atomic mass is 35.5. The molecule has 0 bridgehead atoms. The van der Waals surface area contributed by atoms with Crippen LogP contribution < -0.4 is 10.1 Å². The fraction of sp³-hybridized carbons (Fsp3) is 0.222. The van der Waals surface area contributed by atoms with Gasteiger partial charge in [0.15, 0.2) is 13.2 Å². The lowest BCUT2D eigenvalue weighted by atomic mass is 10.1. The monoisotopic (exact) mass is 381 g/mol. The van der Waals surface area contributed by atoms with E-state index >= 15 is 0 Å². The van der Waals surface area contributed by atoms with Crippen LogP contribution in [0.4, 0.5) is 5.69 Å². The molecule has 132 valence electrons. The summed E-state index contributed by atoms with van der Waals surface area (Å²) in [5, 5.41) is 3.06. The molecule has 5 nitrogen and oxygen atoms in total. The van der Waals surface area contributed by atoms with Crippen LogP contribution in [0.5, 0.6) is 5.75 Å². The number of hydrogen-bond donors (Lipinski definition) is 1.